The molecule has 1 aromatic carbocycles. The summed E-state index contributed by atoms with van der Waals surface area (Å²) in [5.74, 6) is -0.283. The summed E-state index contributed by atoms with van der Waals surface area (Å²) in [4.78, 5) is 11.2. The average molecular weight is 193 g/mol. The number of nitrogens with two attached hydrogens (primary N) is 1. The normalized spacial score (nSPS) is 10.1. The van der Waals surface area contributed by atoms with Gasteiger partial charge in [-0.1, -0.05) is 13.3 Å². The highest BCUT2D eigenvalue weighted by molar-refractivity contribution is 5.97. The lowest BCUT2D eigenvalue weighted by atomic mass is 10.0. The van der Waals surface area contributed by atoms with Crippen LogP contribution in [0.4, 0.5) is 5.69 Å². The topological polar surface area (TPSA) is 63.3 Å². The molecule has 0 bridgehead atoms. The Morgan fingerprint density at radius 3 is 2.71 bits per heavy atom. The number of aliphatic hydroxyl groups is 1. The van der Waals surface area contributed by atoms with E-state index in [1.807, 2.05) is 6.07 Å². The Bertz CT molecular complexity index is 334. The van der Waals surface area contributed by atoms with Gasteiger partial charge in [0.25, 0.3) is 0 Å². The van der Waals surface area contributed by atoms with Crippen LogP contribution in [0.15, 0.2) is 18.2 Å². The molecule has 14 heavy (non-hydrogen) atoms. The minimum absolute atomic E-state index is 0.283. The molecule has 0 aliphatic carbocycles. The number of Topliss-reactive ketones (excluding diaryl/α,β-unsaturated/α-hetero) is 1. The molecule has 0 fully saturated rings. The summed E-state index contributed by atoms with van der Waals surface area (Å²) in [5, 5.41) is 8.71. The molecule has 1 aromatic rings. The first-order chi connectivity index (χ1) is 6.67. The molecule has 1 rings (SSSR count). The van der Waals surface area contributed by atoms with Crippen LogP contribution >= 0.6 is 0 Å². The van der Waals surface area contributed by atoms with Crippen LogP contribution in [0.1, 0.15) is 29.3 Å². The van der Waals surface area contributed by atoms with Crippen molar-refractivity contribution in [2.75, 3.05) is 12.3 Å². The number of ketones is 1. The highest BCUT2D eigenvalue weighted by Crippen LogP contribution is 2.14. The highest BCUT2D eigenvalue weighted by Gasteiger charge is 2.06. The van der Waals surface area contributed by atoms with E-state index >= 15 is 0 Å². The van der Waals surface area contributed by atoms with Crippen LogP contribution in [0.5, 0.6) is 0 Å². The molecule has 0 aliphatic heterocycles. The van der Waals surface area contributed by atoms with E-state index in [0.717, 1.165) is 18.4 Å². The summed E-state index contributed by atoms with van der Waals surface area (Å²) < 4.78 is 0. The average Bonchev–Trinajstić information content (AvgIpc) is 2.16. The summed E-state index contributed by atoms with van der Waals surface area (Å²) >= 11 is 0. The standard InChI is InChI=1S/C11H15NO2/c1-2-3-8-4-9(11(14)7-13)6-10(12)5-8/h4-6,13H,2-3,7,12H2,1H3. The molecule has 0 spiro atoms. The number of aryl methyl sites for hydroxylation is 1. The van der Waals surface area contributed by atoms with Crippen molar-refractivity contribution in [3.63, 3.8) is 0 Å². The molecule has 0 saturated carbocycles. The molecular formula is C11H15NO2. The summed E-state index contributed by atoms with van der Waals surface area (Å²) in [6, 6.07) is 5.24. The molecule has 0 radical (unpaired) electrons. The van der Waals surface area contributed by atoms with Crippen molar-refractivity contribution in [2.45, 2.75) is 19.8 Å². The molecule has 0 saturated heterocycles. The number of benzene rings is 1. The van der Waals surface area contributed by atoms with E-state index in [4.69, 9.17) is 10.8 Å². The number of hydrogen-bond acceptors (Lipinski definition) is 3. The SMILES string of the molecule is CCCc1cc(N)cc(C(=O)CO)c1. The first-order valence-corrected chi connectivity index (χ1v) is 4.71. The Labute approximate surface area is 83.6 Å². The van der Waals surface area contributed by atoms with Crippen LogP contribution in [0.2, 0.25) is 0 Å². The van der Waals surface area contributed by atoms with Crippen LogP contribution < -0.4 is 5.73 Å². The van der Waals surface area contributed by atoms with Crippen LogP contribution in [0.25, 0.3) is 0 Å². The molecule has 0 unspecified atom stereocenters. The molecule has 0 aliphatic rings. The third kappa shape index (κ3) is 2.57. The summed E-state index contributed by atoms with van der Waals surface area (Å²) in [6.07, 6.45) is 1.91. The molecule has 0 heterocycles. The van der Waals surface area contributed by atoms with Gasteiger partial charge in [0.1, 0.15) is 6.61 Å². The van der Waals surface area contributed by atoms with Crippen molar-refractivity contribution < 1.29 is 9.90 Å². The van der Waals surface area contributed by atoms with Gasteiger partial charge in [0.2, 0.25) is 0 Å². The second kappa shape index (κ2) is 4.77. The highest BCUT2D eigenvalue weighted by atomic mass is 16.3. The molecule has 0 aromatic heterocycles. The van der Waals surface area contributed by atoms with E-state index in [2.05, 4.69) is 6.92 Å². The number of aliphatic hydroxyl groups excluding tert-OH is 1. The van der Waals surface area contributed by atoms with Crippen LogP contribution in [-0.2, 0) is 6.42 Å². The van der Waals surface area contributed by atoms with E-state index in [9.17, 15) is 4.79 Å². The van der Waals surface area contributed by atoms with Crippen molar-refractivity contribution in [1.29, 1.82) is 0 Å². The quantitative estimate of drug-likeness (QED) is 0.561. The van der Waals surface area contributed by atoms with Gasteiger partial charge in [0, 0.05) is 11.3 Å². The summed E-state index contributed by atoms with van der Waals surface area (Å²) in [6.45, 7) is 1.60. The summed E-state index contributed by atoms with van der Waals surface area (Å²) in [7, 11) is 0. The third-order valence-electron chi connectivity index (χ3n) is 2.02. The van der Waals surface area contributed by atoms with Gasteiger partial charge in [-0.15, -0.1) is 0 Å². The first-order valence-electron chi connectivity index (χ1n) is 4.71. The van der Waals surface area contributed by atoms with Gasteiger partial charge in [-0.25, -0.2) is 0 Å². The minimum atomic E-state index is -0.463. The molecule has 0 atom stereocenters. The van der Waals surface area contributed by atoms with Gasteiger partial charge in [-0.2, -0.15) is 0 Å². The molecule has 3 nitrogen and oxygen atoms in total. The lowest BCUT2D eigenvalue weighted by molar-refractivity contribution is 0.0903. The fourth-order valence-electron chi connectivity index (χ4n) is 1.40. The van der Waals surface area contributed by atoms with Crippen molar-refractivity contribution in [1.82, 2.24) is 0 Å². The Balaban J connectivity index is 3.00. The van der Waals surface area contributed by atoms with Gasteiger partial charge in [0.15, 0.2) is 5.78 Å². The Morgan fingerprint density at radius 2 is 2.14 bits per heavy atom. The largest absolute Gasteiger partial charge is 0.399 e. The van der Waals surface area contributed by atoms with Crippen LogP contribution in [0, 0.1) is 0 Å². The van der Waals surface area contributed by atoms with Gasteiger partial charge in [-0.3, -0.25) is 4.79 Å². The summed E-state index contributed by atoms with van der Waals surface area (Å²) in [5.41, 5.74) is 7.77. The second-order valence-electron chi connectivity index (χ2n) is 3.29. The fourth-order valence-corrected chi connectivity index (χ4v) is 1.40. The van der Waals surface area contributed by atoms with Gasteiger partial charge < -0.3 is 10.8 Å². The van der Waals surface area contributed by atoms with Crippen molar-refractivity contribution in [3.8, 4) is 0 Å². The molecule has 76 valence electrons. The van der Waals surface area contributed by atoms with Gasteiger partial charge >= 0.3 is 0 Å². The van der Waals surface area contributed by atoms with E-state index in [1.165, 1.54) is 0 Å². The number of rotatable bonds is 4. The fraction of sp³-hybridized carbons (Fsp3) is 0.364. The van der Waals surface area contributed by atoms with Crippen LogP contribution in [0.3, 0.4) is 0 Å². The van der Waals surface area contributed by atoms with E-state index < -0.39 is 6.61 Å². The zero-order chi connectivity index (χ0) is 10.6. The Kier molecular flexibility index (Phi) is 3.65. The molecular weight excluding hydrogens is 178 g/mol. The lowest BCUT2D eigenvalue weighted by Crippen LogP contribution is -2.06. The number of anilines is 1. The van der Waals surface area contributed by atoms with Gasteiger partial charge in [-0.05, 0) is 30.2 Å². The smallest absolute Gasteiger partial charge is 0.188 e. The maximum absolute atomic E-state index is 11.2. The molecule has 3 N–H and O–H groups in total. The number of carbonyl (C=O) groups excluding carboxylic acids is 1. The number of nitrogen functional groups attached to an aromatic ring is 1. The van der Waals surface area contributed by atoms with E-state index in [-0.39, 0.29) is 5.78 Å². The predicted molar refractivity (Wildman–Crippen MR) is 56.3 cm³/mol. The number of carbonyl (C=O) groups is 1. The maximum Gasteiger partial charge on any atom is 0.188 e. The van der Waals surface area contributed by atoms with E-state index in [0.29, 0.717) is 11.3 Å². The maximum atomic E-state index is 11.2. The van der Waals surface area contributed by atoms with Crippen molar-refractivity contribution in [2.24, 2.45) is 0 Å². The van der Waals surface area contributed by atoms with E-state index in [1.54, 1.807) is 12.1 Å². The Morgan fingerprint density at radius 1 is 1.43 bits per heavy atom. The first kappa shape index (κ1) is 10.7. The molecule has 0 amide bonds. The second-order valence-corrected chi connectivity index (χ2v) is 3.29. The van der Waals surface area contributed by atoms with Crippen molar-refractivity contribution in [3.05, 3.63) is 29.3 Å². The third-order valence-corrected chi connectivity index (χ3v) is 2.02. The van der Waals surface area contributed by atoms with Crippen molar-refractivity contribution >= 4 is 11.5 Å². The zero-order valence-corrected chi connectivity index (χ0v) is 8.29. The number of hydrogen-bond donors (Lipinski definition) is 2. The Hall–Kier alpha value is -1.35. The monoisotopic (exact) mass is 193 g/mol. The molecule has 3 heteroatoms. The van der Waals surface area contributed by atoms with Gasteiger partial charge in [0.05, 0.1) is 0 Å². The predicted octanol–water partition coefficient (Wildman–Crippen LogP) is 1.40. The minimum Gasteiger partial charge on any atom is -0.399 e. The van der Waals surface area contributed by atoms with Crippen LogP contribution in [-0.4, -0.2) is 17.5 Å². The zero-order valence-electron chi connectivity index (χ0n) is 8.29. The lowest BCUT2D eigenvalue weighted by Gasteiger charge is -2.04.